The first kappa shape index (κ1) is 14.9. The molecule has 0 spiro atoms. The molecule has 21 heavy (non-hydrogen) atoms. The molecule has 0 saturated carbocycles. The van der Waals surface area contributed by atoms with Crippen LogP contribution in [0.5, 0.6) is 0 Å². The van der Waals surface area contributed by atoms with E-state index in [1.54, 1.807) is 25.1 Å². The minimum atomic E-state index is -0.450. The predicted octanol–water partition coefficient (Wildman–Crippen LogP) is 3.48. The van der Waals surface area contributed by atoms with Gasteiger partial charge in [0.25, 0.3) is 5.69 Å². The number of anilines is 1. The summed E-state index contributed by atoms with van der Waals surface area (Å²) >= 11 is 0. The monoisotopic (exact) mass is 289 g/mol. The van der Waals surface area contributed by atoms with E-state index in [1.165, 1.54) is 18.3 Å². The first-order chi connectivity index (χ1) is 9.95. The number of pyridine rings is 1. The van der Waals surface area contributed by atoms with Gasteiger partial charge in [0, 0.05) is 11.6 Å². The minimum absolute atomic E-state index is 0.00624. The van der Waals surface area contributed by atoms with Crippen LogP contribution in [0, 0.1) is 22.9 Å². The van der Waals surface area contributed by atoms with Gasteiger partial charge in [0.1, 0.15) is 17.8 Å². The molecule has 0 aliphatic heterocycles. The van der Waals surface area contributed by atoms with Crippen molar-refractivity contribution in [2.45, 2.75) is 26.3 Å². The third-order valence-corrected chi connectivity index (χ3v) is 3.13. The number of nitro groups is 1. The number of nitrogens with one attached hydrogen (secondary N) is 1. The molecule has 0 fully saturated rings. The van der Waals surface area contributed by atoms with Gasteiger partial charge in [0.15, 0.2) is 0 Å². The lowest BCUT2D eigenvalue weighted by molar-refractivity contribution is -0.385. The molecule has 0 saturated heterocycles. The molecule has 1 N–H and O–H groups in total. The Kier molecular flexibility index (Phi) is 4.47. The molecule has 1 aromatic heterocycles. The van der Waals surface area contributed by atoms with E-state index < -0.39 is 4.92 Å². The highest BCUT2D eigenvalue weighted by molar-refractivity contribution is 5.47. The van der Waals surface area contributed by atoms with Gasteiger partial charge in [-0.2, -0.15) is 0 Å². The summed E-state index contributed by atoms with van der Waals surface area (Å²) in [7, 11) is 0. The molecule has 1 unspecified atom stereocenters. The Balaban J connectivity index is 2.02. The lowest BCUT2D eigenvalue weighted by Crippen LogP contribution is -2.19. The number of nitrogens with zero attached hydrogens (tertiary/aromatic N) is 2. The lowest BCUT2D eigenvalue weighted by Gasteiger charge is -2.15. The van der Waals surface area contributed by atoms with Crippen molar-refractivity contribution >= 4 is 11.5 Å². The van der Waals surface area contributed by atoms with Crippen molar-refractivity contribution in [3.8, 4) is 0 Å². The topological polar surface area (TPSA) is 68.1 Å². The number of hydrogen-bond donors (Lipinski definition) is 1. The second kappa shape index (κ2) is 6.30. The van der Waals surface area contributed by atoms with Crippen LogP contribution in [-0.2, 0) is 6.42 Å². The molecule has 1 heterocycles. The Bertz CT molecular complexity index is 644. The summed E-state index contributed by atoms with van der Waals surface area (Å²) in [5.74, 6) is 0.333. The highest BCUT2D eigenvalue weighted by atomic mass is 19.1. The third kappa shape index (κ3) is 3.98. The quantitative estimate of drug-likeness (QED) is 0.676. The Labute approximate surface area is 122 Å². The minimum Gasteiger partial charge on any atom is -0.367 e. The number of halogens is 1. The van der Waals surface area contributed by atoms with Gasteiger partial charge in [-0.1, -0.05) is 12.1 Å². The first-order valence-electron chi connectivity index (χ1n) is 6.57. The van der Waals surface area contributed by atoms with E-state index in [2.05, 4.69) is 10.3 Å². The molecule has 2 aromatic rings. The average molecular weight is 289 g/mol. The van der Waals surface area contributed by atoms with Crippen LogP contribution in [0.15, 0.2) is 36.5 Å². The van der Waals surface area contributed by atoms with Gasteiger partial charge in [0.05, 0.1) is 4.92 Å². The van der Waals surface area contributed by atoms with Crippen LogP contribution in [0.25, 0.3) is 0 Å². The van der Waals surface area contributed by atoms with Crippen LogP contribution < -0.4 is 5.32 Å². The lowest BCUT2D eigenvalue weighted by atomic mass is 10.1. The Morgan fingerprint density at radius 1 is 1.38 bits per heavy atom. The summed E-state index contributed by atoms with van der Waals surface area (Å²) in [5, 5.41) is 13.9. The summed E-state index contributed by atoms with van der Waals surface area (Å²) < 4.78 is 12.8. The third-order valence-electron chi connectivity index (χ3n) is 3.13. The Morgan fingerprint density at radius 2 is 2.05 bits per heavy atom. The number of rotatable bonds is 5. The van der Waals surface area contributed by atoms with Gasteiger partial charge in [-0.25, -0.2) is 9.37 Å². The summed E-state index contributed by atoms with van der Waals surface area (Å²) in [4.78, 5) is 14.3. The average Bonchev–Trinajstić information content (AvgIpc) is 2.41. The van der Waals surface area contributed by atoms with Crippen LogP contribution in [-0.4, -0.2) is 15.9 Å². The van der Waals surface area contributed by atoms with Crippen molar-refractivity contribution in [3.05, 3.63) is 63.6 Å². The SMILES string of the molecule is Cc1cc(NC(C)Cc2ccc(F)cc2)ncc1[N+](=O)[O-]. The molecule has 6 heteroatoms. The summed E-state index contributed by atoms with van der Waals surface area (Å²) in [5.41, 5.74) is 1.58. The van der Waals surface area contributed by atoms with Crippen LogP contribution in [0.2, 0.25) is 0 Å². The maximum atomic E-state index is 12.8. The second-order valence-electron chi connectivity index (χ2n) is 4.99. The van der Waals surface area contributed by atoms with Crippen molar-refractivity contribution in [1.82, 2.24) is 4.98 Å². The van der Waals surface area contributed by atoms with Crippen molar-refractivity contribution in [2.75, 3.05) is 5.32 Å². The van der Waals surface area contributed by atoms with Crippen LogP contribution >= 0.6 is 0 Å². The maximum absolute atomic E-state index is 12.8. The fourth-order valence-corrected chi connectivity index (χ4v) is 2.10. The fourth-order valence-electron chi connectivity index (χ4n) is 2.10. The molecule has 2 rings (SSSR count). The molecule has 0 radical (unpaired) electrons. The van der Waals surface area contributed by atoms with Gasteiger partial charge in [-0.3, -0.25) is 10.1 Å². The number of benzene rings is 1. The highest BCUT2D eigenvalue weighted by Crippen LogP contribution is 2.19. The number of aryl methyl sites for hydroxylation is 1. The van der Waals surface area contributed by atoms with Crippen molar-refractivity contribution in [1.29, 1.82) is 0 Å². The smallest absolute Gasteiger partial charge is 0.290 e. The molecule has 5 nitrogen and oxygen atoms in total. The Morgan fingerprint density at radius 3 is 2.62 bits per heavy atom. The zero-order valence-corrected chi connectivity index (χ0v) is 11.8. The van der Waals surface area contributed by atoms with Gasteiger partial charge in [0.2, 0.25) is 0 Å². The van der Waals surface area contributed by atoms with Gasteiger partial charge in [-0.15, -0.1) is 0 Å². The van der Waals surface area contributed by atoms with Crippen LogP contribution in [0.4, 0.5) is 15.9 Å². The normalized spacial score (nSPS) is 12.0. The first-order valence-corrected chi connectivity index (χ1v) is 6.57. The molecule has 1 atom stereocenters. The van der Waals surface area contributed by atoms with E-state index in [4.69, 9.17) is 0 Å². The van der Waals surface area contributed by atoms with Crippen LogP contribution in [0.3, 0.4) is 0 Å². The van der Waals surface area contributed by atoms with E-state index in [0.29, 0.717) is 17.8 Å². The molecule has 0 aliphatic rings. The summed E-state index contributed by atoms with van der Waals surface area (Å²) in [6.07, 6.45) is 1.96. The standard InChI is InChI=1S/C15H16FN3O2/c1-10-7-15(17-9-14(10)19(20)21)18-11(2)8-12-3-5-13(16)6-4-12/h3-7,9,11H,8H2,1-2H3,(H,17,18). The van der Waals surface area contributed by atoms with Gasteiger partial charge >= 0.3 is 0 Å². The molecule has 110 valence electrons. The molecule has 0 amide bonds. The van der Waals surface area contributed by atoms with Crippen molar-refractivity contribution in [2.24, 2.45) is 0 Å². The van der Waals surface area contributed by atoms with E-state index in [-0.39, 0.29) is 17.5 Å². The van der Waals surface area contributed by atoms with E-state index in [0.717, 1.165) is 5.56 Å². The van der Waals surface area contributed by atoms with Crippen molar-refractivity contribution < 1.29 is 9.31 Å². The fraction of sp³-hybridized carbons (Fsp3) is 0.267. The maximum Gasteiger partial charge on any atom is 0.290 e. The largest absolute Gasteiger partial charge is 0.367 e. The van der Waals surface area contributed by atoms with E-state index >= 15 is 0 Å². The molecule has 1 aromatic carbocycles. The van der Waals surface area contributed by atoms with Crippen molar-refractivity contribution in [3.63, 3.8) is 0 Å². The zero-order chi connectivity index (χ0) is 15.4. The second-order valence-corrected chi connectivity index (χ2v) is 4.99. The zero-order valence-electron chi connectivity index (χ0n) is 11.8. The molecular weight excluding hydrogens is 273 g/mol. The Hall–Kier alpha value is -2.50. The van der Waals surface area contributed by atoms with E-state index in [1.807, 2.05) is 6.92 Å². The number of aromatic nitrogens is 1. The number of hydrogen-bond acceptors (Lipinski definition) is 4. The van der Waals surface area contributed by atoms with E-state index in [9.17, 15) is 14.5 Å². The molecular formula is C15H16FN3O2. The van der Waals surface area contributed by atoms with Gasteiger partial charge < -0.3 is 5.32 Å². The summed E-state index contributed by atoms with van der Waals surface area (Å²) in [6.45, 7) is 3.65. The summed E-state index contributed by atoms with van der Waals surface area (Å²) in [6, 6.07) is 8.06. The van der Waals surface area contributed by atoms with Gasteiger partial charge in [-0.05, 0) is 44.0 Å². The molecule has 0 aliphatic carbocycles. The highest BCUT2D eigenvalue weighted by Gasteiger charge is 2.12. The van der Waals surface area contributed by atoms with Crippen LogP contribution in [0.1, 0.15) is 18.1 Å². The molecule has 0 bridgehead atoms. The predicted molar refractivity (Wildman–Crippen MR) is 78.8 cm³/mol.